The highest BCUT2D eigenvalue weighted by Crippen LogP contribution is 2.06. The van der Waals surface area contributed by atoms with Crippen molar-refractivity contribution in [2.45, 2.75) is 19.8 Å². The molecule has 6 nitrogen and oxygen atoms in total. The van der Waals surface area contributed by atoms with E-state index in [2.05, 4.69) is 20.8 Å². The third kappa shape index (κ3) is 4.08. The predicted molar refractivity (Wildman–Crippen MR) is 77.8 cm³/mol. The number of amides is 1. The lowest BCUT2D eigenvalue weighted by atomic mass is 10.3. The molecule has 1 amide bonds. The van der Waals surface area contributed by atoms with Gasteiger partial charge in [-0.15, -0.1) is 10.2 Å². The smallest absolute Gasteiger partial charge is 0.220 e. The van der Waals surface area contributed by atoms with Crippen molar-refractivity contribution in [1.82, 2.24) is 20.1 Å². The van der Waals surface area contributed by atoms with E-state index in [0.717, 1.165) is 12.2 Å². The number of carbonyl (C=O) groups is 1. The third-order valence-electron chi connectivity index (χ3n) is 2.75. The molecule has 2 aromatic heterocycles. The molecule has 0 aliphatic rings. The van der Waals surface area contributed by atoms with Gasteiger partial charge < -0.3 is 15.2 Å². The lowest BCUT2D eigenvalue weighted by Gasteiger charge is -2.07. The molecule has 106 valence electrons. The highest BCUT2D eigenvalue weighted by atomic mass is 16.1. The van der Waals surface area contributed by atoms with Crippen molar-refractivity contribution < 1.29 is 4.79 Å². The highest BCUT2D eigenvalue weighted by Gasteiger charge is 2.00. The van der Waals surface area contributed by atoms with Crippen LogP contribution in [0.2, 0.25) is 0 Å². The third-order valence-corrected chi connectivity index (χ3v) is 2.75. The van der Waals surface area contributed by atoms with Gasteiger partial charge in [-0.2, -0.15) is 0 Å². The lowest BCUT2D eigenvalue weighted by molar-refractivity contribution is -0.121. The monoisotopic (exact) mass is 273 g/mol. The molecule has 2 N–H and O–H groups in total. The number of nitrogens with one attached hydrogen (secondary N) is 2. The van der Waals surface area contributed by atoms with Gasteiger partial charge in [0.15, 0.2) is 5.82 Å². The minimum atomic E-state index is 0.0864. The molecule has 20 heavy (non-hydrogen) atoms. The Kier molecular flexibility index (Phi) is 5.11. The summed E-state index contributed by atoms with van der Waals surface area (Å²) in [6, 6.07) is 7.64. The summed E-state index contributed by atoms with van der Waals surface area (Å²) >= 11 is 0. The van der Waals surface area contributed by atoms with E-state index in [4.69, 9.17) is 0 Å². The zero-order valence-corrected chi connectivity index (χ0v) is 11.5. The van der Waals surface area contributed by atoms with Gasteiger partial charge in [-0.3, -0.25) is 4.79 Å². The standard InChI is InChI=1S/C14H19N5O/c1-2-5-14(20)16-9-8-15-12-6-7-13(18-17-12)19-10-3-4-11-19/h3-4,6-7,10-11H,2,5,8-9H2,1H3,(H,15,17)(H,16,20). The van der Waals surface area contributed by atoms with Gasteiger partial charge in [0, 0.05) is 31.9 Å². The van der Waals surface area contributed by atoms with Crippen LogP contribution in [0, 0.1) is 0 Å². The Balaban J connectivity index is 1.75. The van der Waals surface area contributed by atoms with Crippen molar-refractivity contribution in [3.63, 3.8) is 0 Å². The van der Waals surface area contributed by atoms with E-state index in [-0.39, 0.29) is 5.91 Å². The van der Waals surface area contributed by atoms with Crippen LogP contribution in [0.4, 0.5) is 5.82 Å². The Bertz CT molecular complexity index is 521. The number of carbonyl (C=O) groups excluding carboxylic acids is 1. The van der Waals surface area contributed by atoms with E-state index in [9.17, 15) is 4.79 Å². The van der Waals surface area contributed by atoms with Crippen LogP contribution in [0.25, 0.3) is 5.82 Å². The summed E-state index contributed by atoms with van der Waals surface area (Å²) < 4.78 is 1.89. The fourth-order valence-corrected chi connectivity index (χ4v) is 1.75. The van der Waals surface area contributed by atoms with Gasteiger partial charge in [0.05, 0.1) is 0 Å². The van der Waals surface area contributed by atoms with Crippen molar-refractivity contribution in [2.75, 3.05) is 18.4 Å². The minimum absolute atomic E-state index is 0.0864. The van der Waals surface area contributed by atoms with Crippen LogP contribution in [0.1, 0.15) is 19.8 Å². The van der Waals surface area contributed by atoms with Gasteiger partial charge >= 0.3 is 0 Å². The van der Waals surface area contributed by atoms with E-state index >= 15 is 0 Å². The van der Waals surface area contributed by atoms with Crippen molar-refractivity contribution >= 4 is 11.7 Å². The fraction of sp³-hybridized carbons (Fsp3) is 0.357. The second-order valence-electron chi connectivity index (χ2n) is 4.39. The molecule has 2 aromatic rings. The maximum absolute atomic E-state index is 11.3. The number of anilines is 1. The SMILES string of the molecule is CCCC(=O)NCCNc1ccc(-n2cccc2)nn1. The van der Waals surface area contributed by atoms with Crippen LogP contribution < -0.4 is 10.6 Å². The average molecular weight is 273 g/mol. The minimum Gasteiger partial charge on any atom is -0.367 e. The Hall–Kier alpha value is -2.37. The molecule has 0 spiro atoms. The van der Waals surface area contributed by atoms with Gasteiger partial charge in [0.1, 0.15) is 5.82 Å². The van der Waals surface area contributed by atoms with Gasteiger partial charge in [0.2, 0.25) is 5.91 Å². The lowest BCUT2D eigenvalue weighted by Crippen LogP contribution is -2.28. The van der Waals surface area contributed by atoms with E-state index in [0.29, 0.717) is 25.3 Å². The Labute approximate surface area is 118 Å². The van der Waals surface area contributed by atoms with Crippen LogP contribution in [-0.4, -0.2) is 33.8 Å². The molecule has 0 bridgehead atoms. The van der Waals surface area contributed by atoms with Crippen LogP contribution in [0.15, 0.2) is 36.7 Å². The summed E-state index contributed by atoms with van der Waals surface area (Å²) in [5.41, 5.74) is 0. The molecule has 0 fully saturated rings. The molecule has 0 radical (unpaired) electrons. The first-order chi connectivity index (χ1) is 9.79. The number of nitrogens with zero attached hydrogens (tertiary/aromatic N) is 3. The summed E-state index contributed by atoms with van der Waals surface area (Å²) in [7, 11) is 0. The van der Waals surface area contributed by atoms with Crippen LogP contribution >= 0.6 is 0 Å². The molecule has 2 rings (SSSR count). The summed E-state index contributed by atoms with van der Waals surface area (Å²) in [4.78, 5) is 11.3. The molecule has 0 atom stereocenters. The maximum atomic E-state index is 11.3. The van der Waals surface area contributed by atoms with Gasteiger partial charge in [-0.05, 0) is 30.7 Å². The molecule has 0 aromatic carbocycles. The first kappa shape index (κ1) is 14.0. The summed E-state index contributed by atoms with van der Waals surface area (Å²) in [5.74, 6) is 1.56. The molecule has 0 aliphatic heterocycles. The van der Waals surface area contributed by atoms with Crippen LogP contribution in [0.3, 0.4) is 0 Å². The summed E-state index contributed by atoms with van der Waals surface area (Å²) in [6.07, 6.45) is 5.28. The van der Waals surface area contributed by atoms with Crippen LogP contribution in [-0.2, 0) is 4.79 Å². The number of rotatable bonds is 7. The molecular formula is C14H19N5O. The van der Waals surface area contributed by atoms with Crippen LogP contribution in [0.5, 0.6) is 0 Å². The largest absolute Gasteiger partial charge is 0.367 e. The summed E-state index contributed by atoms with van der Waals surface area (Å²) in [5, 5.41) is 14.2. The van der Waals surface area contributed by atoms with Crippen molar-refractivity contribution in [1.29, 1.82) is 0 Å². The molecule has 0 saturated heterocycles. The highest BCUT2D eigenvalue weighted by molar-refractivity contribution is 5.75. The maximum Gasteiger partial charge on any atom is 0.220 e. The Morgan fingerprint density at radius 1 is 1.20 bits per heavy atom. The molecule has 6 heteroatoms. The van der Waals surface area contributed by atoms with Gasteiger partial charge in [-0.1, -0.05) is 6.92 Å². The number of hydrogen-bond acceptors (Lipinski definition) is 4. The van der Waals surface area contributed by atoms with E-state index in [1.807, 2.05) is 48.1 Å². The molecule has 0 aliphatic carbocycles. The topological polar surface area (TPSA) is 71.8 Å². The Morgan fingerprint density at radius 2 is 2.00 bits per heavy atom. The summed E-state index contributed by atoms with van der Waals surface area (Å²) in [6.45, 7) is 3.20. The fourth-order valence-electron chi connectivity index (χ4n) is 1.75. The molecule has 0 unspecified atom stereocenters. The van der Waals surface area contributed by atoms with Crippen molar-refractivity contribution in [3.05, 3.63) is 36.7 Å². The first-order valence-corrected chi connectivity index (χ1v) is 6.77. The quantitative estimate of drug-likeness (QED) is 0.752. The normalized spacial score (nSPS) is 10.2. The average Bonchev–Trinajstić information content (AvgIpc) is 2.99. The molecule has 0 saturated carbocycles. The van der Waals surface area contributed by atoms with E-state index in [1.165, 1.54) is 0 Å². The van der Waals surface area contributed by atoms with Crippen molar-refractivity contribution in [3.8, 4) is 5.82 Å². The van der Waals surface area contributed by atoms with Gasteiger partial charge in [-0.25, -0.2) is 0 Å². The zero-order valence-electron chi connectivity index (χ0n) is 11.5. The molecule has 2 heterocycles. The predicted octanol–water partition coefficient (Wildman–Crippen LogP) is 1.60. The Morgan fingerprint density at radius 3 is 2.65 bits per heavy atom. The second-order valence-corrected chi connectivity index (χ2v) is 4.39. The van der Waals surface area contributed by atoms with E-state index < -0.39 is 0 Å². The van der Waals surface area contributed by atoms with E-state index in [1.54, 1.807) is 0 Å². The molecular weight excluding hydrogens is 254 g/mol. The van der Waals surface area contributed by atoms with Crippen molar-refractivity contribution in [2.24, 2.45) is 0 Å². The van der Waals surface area contributed by atoms with Gasteiger partial charge in [0.25, 0.3) is 0 Å². The number of hydrogen-bond donors (Lipinski definition) is 2. The number of aromatic nitrogens is 3. The second kappa shape index (κ2) is 7.28. The zero-order chi connectivity index (χ0) is 14.2. The first-order valence-electron chi connectivity index (χ1n) is 6.77.